The summed E-state index contributed by atoms with van der Waals surface area (Å²) in [4.78, 5) is 52.7. The molecule has 0 aliphatic heterocycles. The van der Waals surface area contributed by atoms with Crippen molar-refractivity contribution >= 4 is 34.4 Å². The Labute approximate surface area is 178 Å². The highest BCUT2D eigenvalue weighted by Gasteiger charge is 2.20. The van der Waals surface area contributed by atoms with Crippen molar-refractivity contribution in [2.45, 2.75) is 40.3 Å². The number of Topliss-reactive ketones (excluding diaryl/α,β-unsaturated/α-hetero) is 1. The van der Waals surface area contributed by atoms with Gasteiger partial charge in [-0.05, 0) is 70.2 Å². The van der Waals surface area contributed by atoms with E-state index in [9.17, 15) is 19.2 Å². The minimum atomic E-state index is -1.05. The average molecular weight is 421 g/mol. The summed E-state index contributed by atoms with van der Waals surface area (Å²) in [6, 6.07) is 11.1. The summed E-state index contributed by atoms with van der Waals surface area (Å²) in [6.07, 6.45) is -1.05. The summed E-state index contributed by atoms with van der Waals surface area (Å²) < 4.78 is 6.87. The van der Waals surface area contributed by atoms with E-state index in [2.05, 4.69) is 10.3 Å². The molecule has 8 nitrogen and oxygen atoms in total. The number of nitrogens with one attached hydrogen (secondary N) is 1. The third-order valence-corrected chi connectivity index (χ3v) is 4.87. The van der Waals surface area contributed by atoms with E-state index >= 15 is 0 Å². The van der Waals surface area contributed by atoms with E-state index in [4.69, 9.17) is 4.74 Å². The molecule has 0 spiro atoms. The number of aryl methyl sites for hydroxylation is 2. The van der Waals surface area contributed by atoms with E-state index in [1.165, 1.54) is 13.8 Å². The molecule has 0 saturated heterocycles. The van der Waals surface area contributed by atoms with Gasteiger partial charge in [0.1, 0.15) is 5.69 Å². The van der Waals surface area contributed by atoms with Crippen molar-refractivity contribution in [2.75, 3.05) is 5.32 Å². The lowest BCUT2D eigenvalue weighted by Gasteiger charge is -2.14. The number of rotatable bonds is 6. The van der Waals surface area contributed by atoms with Gasteiger partial charge in [-0.25, -0.2) is 9.78 Å². The highest BCUT2D eigenvalue weighted by molar-refractivity contribution is 5.99. The van der Waals surface area contributed by atoms with Gasteiger partial charge in [-0.1, -0.05) is 0 Å². The summed E-state index contributed by atoms with van der Waals surface area (Å²) >= 11 is 0. The number of ether oxygens (including phenoxy) is 1. The van der Waals surface area contributed by atoms with Crippen LogP contribution in [0.2, 0.25) is 0 Å². The van der Waals surface area contributed by atoms with Crippen LogP contribution in [0.25, 0.3) is 11.0 Å². The molecule has 3 rings (SSSR count). The molecule has 1 N–H and O–H groups in total. The van der Waals surface area contributed by atoms with Gasteiger partial charge in [-0.3, -0.25) is 14.4 Å². The van der Waals surface area contributed by atoms with Crippen molar-refractivity contribution < 1.29 is 19.1 Å². The lowest BCUT2D eigenvalue weighted by molar-refractivity contribution is -0.123. The molecule has 0 saturated carbocycles. The van der Waals surface area contributed by atoms with Gasteiger partial charge < -0.3 is 14.6 Å². The summed E-state index contributed by atoms with van der Waals surface area (Å²) in [7, 11) is 0. The second-order valence-corrected chi connectivity index (χ2v) is 7.12. The van der Waals surface area contributed by atoms with Crippen molar-refractivity contribution in [1.82, 2.24) is 9.55 Å². The number of carbonyl (C=O) groups excluding carboxylic acids is 3. The number of amides is 1. The Morgan fingerprint density at radius 1 is 1.10 bits per heavy atom. The van der Waals surface area contributed by atoms with Crippen LogP contribution in [0.1, 0.15) is 47.2 Å². The molecule has 1 heterocycles. The number of anilines is 1. The first-order valence-corrected chi connectivity index (χ1v) is 9.85. The van der Waals surface area contributed by atoms with Crippen LogP contribution < -0.4 is 10.9 Å². The van der Waals surface area contributed by atoms with Crippen molar-refractivity contribution in [2.24, 2.45) is 0 Å². The maximum atomic E-state index is 12.5. The number of ketones is 1. The molecule has 0 aliphatic carbocycles. The normalized spacial score (nSPS) is 11.7. The zero-order valence-electron chi connectivity index (χ0n) is 17.8. The van der Waals surface area contributed by atoms with Gasteiger partial charge in [0.2, 0.25) is 0 Å². The zero-order valence-corrected chi connectivity index (χ0v) is 17.8. The van der Waals surface area contributed by atoms with Gasteiger partial charge in [-0.2, -0.15) is 0 Å². The minimum Gasteiger partial charge on any atom is -0.449 e. The average Bonchev–Trinajstić information content (AvgIpc) is 2.74. The van der Waals surface area contributed by atoms with Gasteiger partial charge in [0.05, 0.1) is 16.6 Å². The second-order valence-electron chi connectivity index (χ2n) is 7.12. The SMILES string of the molecule is CCn1c(=O)c(C)nc2cc(C(=O)O[C@H](C)C(=O)Nc3ccc(C(C)=O)cc3)ccc21. The lowest BCUT2D eigenvalue weighted by Crippen LogP contribution is -2.30. The van der Waals surface area contributed by atoms with E-state index < -0.39 is 18.0 Å². The Kier molecular flexibility index (Phi) is 6.29. The van der Waals surface area contributed by atoms with Crippen LogP contribution in [-0.4, -0.2) is 33.3 Å². The molecule has 3 aromatic rings. The topological polar surface area (TPSA) is 107 Å². The Bertz CT molecular complexity index is 1230. The maximum Gasteiger partial charge on any atom is 0.338 e. The van der Waals surface area contributed by atoms with Crippen molar-refractivity contribution in [3.63, 3.8) is 0 Å². The molecule has 160 valence electrons. The number of carbonyl (C=O) groups is 3. The molecule has 8 heteroatoms. The standard InChI is InChI=1S/C23H23N3O5/c1-5-26-20-11-8-17(12-19(20)24-13(2)22(26)29)23(30)31-15(4)21(28)25-18-9-6-16(7-10-18)14(3)27/h6-12,15H,5H2,1-4H3,(H,25,28)/t15-/m1/s1. The second kappa shape index (κ2) is 8.91. The van der Waals surface area contributed by atoms with Crippen LogP contribution in [-0.2, 0) is 16.1 Å². The third kappa shape index (κ3) is 4.69. The van der Waals surface area contributed by atoms with Crippen molar-refractivity contribution in [3.8, 4) is 0 Å². The van der Waals surface area contributed by atoms with Crippen molar-refractivity contribution in [1.29, 1.82) is 0 Å². The largest absolute Gasteiger partial charge is 0.449 e. The first kappa shape index (κ1) is 21.9. The predicted octanol–water partition coefficient (Wildman–Crippen LogP) is 3.11. The van der Waals surface area contributed by atoms with E-state index in [0.29, 0.717) is 34.5 Å². The van der Waals surface area contributed by atoms with Gasteiger partial charge in [0.15, 0.2) is 11.9 Å². The molecule has 2 aromatic carbocycles. The highest BCUT2D eigenvalue weighted by atomic mass is 16.5. The van der Waals surface area contributed by atoms with Gasteiger partial charge in [0, 0.05) is 17.8 Å². The summed E-state index contributed by atoms with van der Waals surface area (Å²) in [6.45, 7) is 6.88. The third-order valence-electron chi connectivity index (χ3n) is 4.87. The molecule has 0 unspecified atom stereocenters. The maximum absolute atomic E-state index is 12.5. The predicted molar refractivity (Wildman–Crippen MR) is 116 cm³/mol. The van der Waals surface area contributed by atoms with E-state index in [1.54, 1.807) is 54.0 Å². The molecule has 0 aliphatic rings. The Morgan fingerprint density at radius 3 is 2.35 bits per heavy atom. The highest BCUT2D eigenvalue weighted by Crippen LogP contribution is 2.16. The minimum absolute atomic E-state index is 0.0730. The quantitative estimate of drug-likeness (QED) is 0.484. The Morgan fingerprint density at radius 2 is 1.74 bits per heavy atom. The summed E-state index contributed by atoms with van der Waals surface area (Å²) in [5.41, 5.74) is 2.53. The van der Waals surface area contributed by atoms with Crippen LogP contribution >= 0.6 is 0 Å². The Balaban J connectivity index is 1.73. The lowest BCUT2D eigenvalue weighted by atomic mass is 10.1. The molecule has 31 heavy (non-hydrogen) atoms. The number of nitrogens with zero attached hydrogens (tertiary/aromatic N) is 2. The molecule has 0 bridgehead atoms. The molecular formula is C23H23N3O5. The van der Waals surface area contributed by atoms with Crippen LogP contribution in [0.4, 0.5) is 5.69 Å². The number of fused-ring (bicyclic) bond motifs is 1. The number of esters is 1. The number of hydrogen-bond acceptors (Lipinski definition) is 6. The van der Waals surface area contributed by atoms with E-state index in [-0.39, 0.29) is 16.9 Å². The van der Waals surface area contributed by atoms with Crippen LogP contribution in [0.15, 0.2) is 47.3 Å². The summed E-state index contributed by atoms with van der Waals surface area (Å²) in [5.74, 6) is -1.25. The fourth-order valence-electron chi connectivity index (χ4n) is 3.13. The van der Waals surface area contributed by atoms with Gasteiger partial charge >= 0.3 is 5.97 Å². The van der Waals surface area contributed by atoms with Crippen LogP contribution in [0.5, 0.6) is 0 Å². The van der Waals surface area contributed by atoms with E-state index in [0.717, 1.165) is 0 Å². The molecule has 1 atom stereocenters. The molecule has 0 radical (unpaired) electrons. The first-order valence-electron chi connectivity index (χ1n) is 9.85. The van der Waals surface area contributed by atoms with Gasteiger partial charge in [0.25, 0.3) is 11.5 Å². The molecule has 0 fully saturated rings. The zero-order chi connectivity index (χ0) is 22.7. The molecule has 1 aromatic heterocycles. The first-order chi connectivity index (χ1) is 14.7. The monoisotopic (exact) mass is 421 g/mol. The van der Waals surface area contributed by atoms with Crippen LogP contribution in [0.3, 0.4) is 0 Å². The van der Waals surface area contributed by atoms with Crippen LogP contribution in [0, 0.1) is 6.92 Å². The molecule has 1 amide bonds. The Hall–Kier alpha value is -3.81. The number of benzene rings is 2. The molecular weight excluding hydrogens is 398 g/mol. The summed E-state index contributed by atoms with van der Waals surface area (Å²) in [5, 5.41) is 2.65. The number of aromatic nitrogens is 2. The smallest absolute Gasteiger partial charge is 0.338 e. The van der Waals surface area contributed by atoms with Crippen molar-refractivity contribution in [3.05, 3.63) is 69.6 Å². The fraction of sp³-hybridized carbons (Fsp3) is 0.261. The fourth-order valence-corrected chi connectivity index (χ4v) is 3.13. The van der Waals surface area contributed by atoms with E-state index in [1.807, 2.05) is 6.92 Å². The number of hydrogen-bond donors (Lipinski definition) is 1. The van der Waals surface area contributed by atoms with Gasteiger partial charge in [-0.15, -0.1) is 0 Å².